The van der Waals surface area contributed by atoms with Crippen LogP contribution >= 0.6 is 7.26 Å². The lowest BCUT2D eigenvalue weighted by atomic mass is 9.89. The minimum absolute atomic E-state index is 0.212. The van der Waals surface area contributed by atoms with Crippen molar-refractivity contribution in [2.75, 3.05) is 0 Å². The van der Waals surface area contributed by atoms with Gasteiger partial charge in [-0.1, -0.05) is 106 Å². The first-order valence-corrected chi connectivity index (χ1v) is 14.9. The van der Waals surface area contributed by atoms with Crippen molar-refractivity contribution in [2.24, 2.45) is 5.41 Å². The van der Waals surface area contributed by atoms with Gasteiger partial charge in [-0.3, -0.25) is 0 Å². The quantitative estimate of drug-likeness (QED) is 0.204. The maximum atomic E-state index is 10.0. The van der Waals surface area contributed by atoms with Crippen molar-refractivity contribution in [3.63, 3.8) is 0 Å². The first kappa shape index (κ1) is 28.4. The van der Waals surface area contributed by atoms with Crippen LogP contribution in [0.5, 0.6) is 0 Å². The summed E-state index contributed by atoms with van der Waals surface area (Å²) in [6.07, 6.45) is 4.27. The molecule has 0 radical (unpaired) electrons. The molecule has 0 heterocycles. The summed E-state index contributed by atoms with van der Waals surface area (Å²) in [5, 5.41) is 15.6. The molecular formula is C34H39O2P. The molecule has 192 valence electrons. The Morgan fingerprint density at radius 3 is 1.16 bits per heavy atom. The lowest BCUT2D eigenvalue weighted by molar-refractivity contribution is -0.305. The zero-order chi connectivity index (χ0) is 26.6. The van der Waals surface area contributed by atoms with E-state index in [1.807, 2.05) is 0 Å². The molecule has 37 heavy (non-hydrogen) atoms. The van der Waals surface area contributed by atoms with E-state index >= 15 is 0 Å². The molecule has 0 aliphatic rings. The van der Waals surface area contributed by atoms with Crippen molar-refractivity contribution >= 4 is 34.4 Å². The maximum absolute atomic E-state index is 10.0. The SMILES string of the molecule is CC(C)(C)CCCCCC(=O)[O-].c1ccc([P+](c2ccccc2)(c2ccccc2)c2ccccc2)cc1. The third-order valence-corrected chi connectivity index (χ3v) is 10.7. The van der Waals surface area contributed by atoms with Crippen LogP contribution in [0.4, 0.5) is 0 Å². The molecule has 2 nitrogen and oxygen atoms in total. The second-order valence-corrected chi connectivity index (χ2v) is 13.9. The van der Waals surface area contributed by atoms with Gasteiger partial charge in [0.05, 0.1) is 0 Å². The normalized spacial score (nSPS) is 11.3. The molecule has 0 aromatic heterocycles. The fourth-order valence-corrected chi connectivity index (χ4v) is 8.87. The van der Waals surface area contributed by atoms with Gasteiger partial charge in [-0.05, 0) is 73.2 Å². The van der Waals surface area contributed by atoms with E-state index in [9.17, 15) is 9.90 Å². The smallest absolute Gasteiger partial charge is 0.144 e. The average molecular weight is 511 g/mol. The van der Waals surface area contributed by atoms with E-state index in [1.165, 1.54) is 27.6 Å². The number of carboxylic acid groups (broad SMARTS) is 1. The summed E-state index contributed by atoms with van der Waals surface area (Å²) in [6, 6.07) is 43.8. The second kappa shape index (κ2) is 13.9. The Bertz CT molecular complexity index is 1020. The molecule has 0 saturated heterocycles. The van der Waals surface area contributed by atoms with Crippen LogP contribution in [-0.4, -0.2) is 5.97 Å². The van der Waals surface area contributed by atoms with Crippen molar-refractivity contribution in [1.29, 1.82) is 0 Å². The first-order chi connectivity index (χ1) is 17.8. The van der Waals surface area contributed by atoms with Crippen LogP contribution in [0.3, 0.4) is 0 Å². The number of carbonyl (C=O) groups is 1. The number of unbranched alkanes of at least 4 members (excludes halogenated alkanes) is 2. The molecule has 0 amide bonds. The summed E-state index contributed by atoms with van der Waals surface area (Å²) in [5.41, 5.74) is 0.376. The number of carboxylic acids is 1. The highest BCUT2D eigenvalue weighted by atomic mass is 31.2. The molecule has 0 saturated carbocycles. The Balaban J connectivity index is 0.000000270. The fourth-order valence-electron chi connectivity index (χ4n) is 4.60. The molecule has 4 aromatic carbocycles. The molecule has 4 rings (SSSR count). The Morgan fingerprint density at radius 2 is 0.892 bits per heavy atom. The van der Waals surface area contributed by atoms with Crippen LogP contribution in [0.15, 0.2) is 121 Å². The van der Waals surface area contributed by atoms with Gasteiger partial charge in [-0.25, -0.2) is 0 Å². The summed E-state index contributed by atoms with van der Waals surface area (Å²) < 4.78 is 0. The molecule has 0 aliphatic heterocycles. The van der Waals surface area contributed by atoms with Gasteiger partial charge in [-0.2, -0.15) is 0 Å². The lowest BCUT2D eigenvalue weighted by Gasteiger charge is -2.27. The van der Waals surface area contributed by atoms with Crippen molar-refractivity contribution in [2.45, 2.75) is 52.9 Å². The molecule has 0 atom stereocenters. The van der Waals surface area contributed by atoms with E-state index in [0.29, 0.717) is 5.41 Å². The van der Waals surface area contributed by atoms with Crippen molar-refractivity contribution < 1.29 is 9.90 Å². The number of rotatable bonds is 9. The molecule has 0 N–H and O–H groups in total. The zero-order valence-corrected chi connectivity index (χ0v) is 23.2. The first-order valence-electron chi connectivity index (χ1n) is 13.2. The van der Waals surface area contributed by atoms with E-state index in [1.54, 1.807) is 0 Å². The molecular weight excluding hydrogens is 471 g/mol. The highest BCUT2D eigenvalue weighted by Gasteiger charge is 2.47. The van der Waals surface area contributed by atoms with Crippen molar-refractivity contribution in [1.82, 2.24) is 0 Å². The molecule has 0 aliphatic carbocycles. The average Bonchev–Trinajstić information content (AvgIpc) is 2.91. The minimum atomic E-state index is -1.91. The molecule has 3 heteroatoms. The van der Waals surface area contributed by atoms with Gasteiger partial charge in [0, 0.05) is 5.97 Å². The summed E-state index contributed by atoms with van der Waals surface area (Å²) in [4.78, 5) is 10.0. The van der Waals surface area contributed by atoms with Gasteiger partial charge in [-0.15, -0.1) is 0 Å². The summed E-state index contributed by atoms with van der Waals surface area (Å²) in [7, 11) is -1.91. The number of hydrogen-bond donors (Lipinski definition) is 0. The Hall–Kier alpha value is -3.22. The topological polar surface area (TPSA) is 40.1 Å². The third kappa shape index (κ3) is 8.14. The molecule has 0 spiro atoms. The van der Waals surface area contributed by atoms with Gasteiger partial charge < -0.3 is 9.90 Å². The predicted molar refractivity (Wildman–Crippen MR) is 159 cm³/mol. The maximum Gasteiger partial charge on any atom is 0.144 e. The van der Waals surface area contributed by atoms with E-state index in [-0.39, 0.29) is 6.42 Å². The number of aliphatic carboxylic acids is 1. The van der Waals surface area contributed by atoms with Crippen molar-refractivity contribution in [3.05, 3.63) is 121 Å². The molecule has 0 bridgehead atoms. The van der Waals surface area contributed by atoms with Gasteiger partial charge in [0.25, 0.3) is 0 Å². The monoisotopic (exact) mass is 510 g/mol. The number of hydrogen-bond acceptors (Lipinski definition) is 2. The van der Waals surface area contributed by atoms with E-state index in [4.69, 9.17) is 0 Å². The standard InChI is InChI=1S/C24H20P.C10H20O2/c1-5-13-21(14-6-1)25(22-15-7-2-8-16-22,23-17-9-3-10-18-23)24-19-11-4-12-20-24;1-10(2,3)8-6-4-5-7-9(11)12/h1-20H;4-8H2,1-3H3,(H,11,12)/q+1;/p-1. The number of benzene rings is 4. The molecule has 4 aromatic rings. The van der Waals surface area contributed by atoms with Gasteiger partial charge in [0.15, 0.2) is 0 Å². The lowest BCUT2D eigenvalue weighted by Crippen LogP contribution is -2.38. The van der Waals surface area contributed by atoms with Gasteiger partial charge >= 0.3 is 0 Å². The predicted octanol–water partition coefficient (Wildman–Crippen LogP) is 6.04. The third-order valence-electron chi connectivity index (χ3n) is 6.38. The fraction of sp³-hybridized carbons (Fsp3) is 0.265. The summed E-state index contributed by atoms with van der Waals surface area (Å²) in [5.74, 6) is -0.925. The number of carbonyl (C=O) groups excluding carboxylic acids is 1. The van der Waals surface area contributed by atoms with E-state index in [2.05, 4.69) is 142 Å². The largest absolute Gasteiger partial charge is 0.550 e. The second-order valence-electron chi connectivity index (χ2n) is 10.5. The summed E-state index contributed by atoms with van der Waals surface area (Å²) >= 11 is 0. The van der Waals surface area contributed by atoms with Crippen LogP contribution in [-0.2, 0) is 4.79 Å². The van der Waals surface area contributed by atoms with E-state index < -0.39 is 13.2 Å². The highest BCUT2D eigenvalue weighted by molar-refractivity contribution is 8.01. The minimum Gasteiger partial charge on any atom is -0.550 e. The van der Waals surface area contributed by atoms with Crippen LogP contribution in [0, 0.1) is 5.41 Å². The van der Waals surface area contributed by atoms with Crippen LogP contribution in [0.1, 0.15) is 52.9 Å². The van der Waals surface area contributed by atoms with Gasteiger partial charge in [0.2, 0.25) is 0 Å². The molecule has 0 fully saturated rings. The van der Waals surface area contributed by atoms with E-state index in [0.717, 1.165) is 19.3 Å². The molecule has 0 unspecified atom stereocenters. The Labute approximate surface area is 223 Å². The zero-order valence-electron chi connectivity index (χ0n) is 22.3. The van der Waals surface area contributed by atoms with Crippen LogP contribution in [0.25, 0.3) is 0 Å². The summed E-state index contributed by atoms with van der Waals surface area (Å²) in [6.45, 7) is 6.60. The van der Waals surface area contributed by atoms with Crippen LogP contribution in [0.2, 0.25) is 0 Å². The highest BCUT2D eigenvalue weighted by Crippen LogP contribution is 2.53. The van der Waals surface area contributed by atoms with Crippen molar-refractivity contribution in [3.8, 4) is 0 Å². The Morgan fingerprint density at radius 1 is 0.568 bits per heavy atom. The Kier molecular flexibility index (Phi) is 10.7. The van der Waals surface area contributed by atoms with Crippen LogP contribution < -0.4 is 26.3 Å². The van der Waals surface area contributed by atoms with Gasteiger partial charge in [0.1, 0.15) is 28.5 Å².